The van der Waals surface area contributed by atoms with Gasteiger partial charge in [0.15, 0.2) is 5.78 Å². The smallest absolute Gasteiger partial charge is 0.243 e. The summed E-state index contributed by atoms with van der Waals surface area (Å²) in [7, 11) is 1.67. The quantitative estimate of drug-likeness (QED) is 0.101. The summed E-state index contributed by atoms with van der Waals surface area (Å²) < 4.78 is 0. The molecule has 0 saturated carbocycles. The van der Waals surface area contributed by atoms with Crippen LogP contribution in [0.3, 0.4) is 0 Å². The Kier molecular flexibility index (Phi) is 14.3. The molecule has 0 bridgehead atoms. The van der Waals surface area contributed by atoms with E-state index < -0.39 is 18.0 Å². The lowest BCUT2D eigenvalue weighted by Crippen LogP contribution is -2.51. The zero-order valence-electron chi connectivity index (χ0n) is 32.0. The molecule has 1 aliphatic rings. The first-order valence-electron chi connectivity index (χ1n) is 19.3. The molecule has 11 nitrogen and oxygen atoms in total. The lowest BCUT2D eigenvalue weighted by molar-refractivity contribution is -0.143. The number of ketones is 1. The molecule has 56 heavy (non-hydrogen) atoms. The molecule has 4 heterocycles. The van der Waals surface area contributed by atoms with Crippen molar-refractivity contribution in [1.29, 1.82) is 0 Å². The number of unbranched alkanes of at least 4 members (excludes halogenated alkanes) is 1. The highest BCUT2D eigenvalue weighted by atomic mass is 35.5. The van der Waals surface area contributed by atoms with Gasteiger partial charge >= 0.3 is 0 Å². The fraction of sp³-hybridized carbons (Fsp3) is 0.372. The Labute approximate surface area is 337 Å². The average molecular weight is 795 g/mol. The molecule has 2 aromatic carbocycles. The van der Waals surface area contributed by atoms with Gasteiger partial charge in [0.05, 0.1) is 11.1 Å². The van der Waals surface area contributed by atoms with Crippen LogP contribution in [0, 0.1) is 12.8 Å². The minimum Gasteiger partial charge on any atom is -0.361 e. The van der Waals surface area contributed by atoms with Crippen LogP contribution in [0.4, 0.5) is 0 Å². The summed E-state index contributed by atoms with van der Waals surface area (Å²) in [5.74, 6) is -1.28. The highest BCUT2D eigenvalue weighted by Gasteiger charge is 2.34. The van der Waals surface area contributed by atoms with Crippen molar-refractivity contribution >= 4 is 51.9 Å². The Hall–Kier alpha value is -4.59. The number of benzene rings is 2. The molecule has 7 N–H and O–H groups in total. The predicted molar refractivity (Wildman–Crippen MR) is 223 cm³/mol. The van der Waals surface area contributed by atoms with E-state index in [0.29, 0.717) is 50.3 Å². The van der Waals surface area contributed by atoms with Gasteiger partial charge in [0, 0.05) is 79.0 Å². The van der Waals surface area contributed by atoms with Gasteiger partial charge < -0.3 is 32.0 Å². The standard InChI is InChI=1S/C43H51ClN8O3S/c1-27-21-28(16-20-47-27)32-14-15-35(44)40-34(32)26-51-41(54)38(22-31-25-49-36-12-4-3-11-33(31)36)52(2)43(55)29(9-5-6-17-45)23-39(53)37(13-7-18-46)50-24-30-10-8-19-48-42(30)56-40/h3-4,8,10-12,14-16,19-21,25,29,37-38,49-50H,5-7,9,13,17-18,22-24,26,45-46H2,1-2H3,(H,51,54)/t29-,37+,38+/m1/s1. The minimum absolute atomic E-state index is 0.0296. The third-order valence-corrected chi connectivity index (χ3v) is 12.2. The van der Waals surface area contributed by atoms with E-state index in [4.69, 9.17) is 28.1 Å². The number of nitrogens with one attached hydrogen (secondary N) is 3. The van der Waals surface area contributed by atoms with Crippen LogP contribution in [0.5, 0.6) is 0 Å². The van der Waals surface area contributed by atoms with Crippen molar-refractivity contribution < 1.29 is 14.4 Å². The number of likely N-dealkylation sites (N-methyl/N-ethyl adjacent to an activating group) is 1. The zero-order valence-corrected chi connectivity index (χ0v) is 33.6. The molecule has 3 aromatic heterocycles. The molecule has 3 atom stereocenters. The average Bonchev–Trinajstić information content (AvgIpc) is 3.62. The van der Waals surface area contributed by atoms with Gasteiger partial charge in [-0.1, -0.05) is 60.1 Å². The van der Waals surface area contributed by atoms with Crippen LogP contribution in [-0.4, -0.2) is 69.7 Å². The van der Waals surface area contributed by atoms with Crippen molar-refractivity contribution in [3.8, 4) is 11.1 Å². The second-order valence-corrected chi connectivity index (χ2v) is 15.8. The molecule has 5 aromatic rings. The Morgan fingerprint density at radius 2 is 1.75 bits per heavy atom. The van der Waals surface area contributed by atoms with Gasteiger partial charge in [-0.25, -0.2) is 4.98 Å². The van der Waals surface area contributed by atoms with E-state index in [2.05, 4.69) is 20.6 Å². The summed E-state index contributed by atoms with van der Waals surface area (Å²) >= 11 is 8.46. The molecular formula is C43H51ClN8O3S. The predicted octanol–water partition coefficient (Wildman–Crippen LogP) is 6.34. The number of halogens is 1. The van der Waals surface area contributed by atoms with Crippen LogP contribution in [0.15, 0.2) is 89.2 Å². The maximum Gasteiger partial charge on any atom is 0.243 e. The number of pyridine rings is 2. The molecule has 0 spiro atoms. The van der Waals surface area contributed by atoms with Crippen LogP contribution < -0.4 is 22.1 Å². The molecule has 1 aliphatic heterocycles. The topological polar surface area (TPSA) is 172 Å². The van der Waals surface area contributed by atoms with Crippen molar-refractivity contribution in [3.05, 3.63) is 107 Å². The first-order valence-corrected chi connectivity index (χ1v) is 20.5. The van der Waals surface area contributed by atoms with Gasteiger partial charge in [-0.15, -0.1) is 0 Å². The van der Waals surface area contributed by atoms with E-state index in [0.717, 1.165) is 60.8 Å². The number of carbonyl (C=O) groups excluding carboxylic acids is 3. The first-order chi connectivity index (χ1) is 27.2. The number of para-hydroxylation sites is 1. The molecule has 0 aliphatic carbocycles. The summed E-state index contributed by atoms with van der Waals surface area (Å²) in [6.07, 6.45) is 8.72. The van der Waals surface area contributed by atoms with Gasteiger partial charge in [0.25, 0.3) is 0 Å². The number of fused-ring (bicyclic) bond motifs is 3. The molecule has 0 saturated heterocycles. The van der Waals surface area contributed by atoms with Crippen molar-refractivity contribution in [2.24, 2.45) is 17.4 Å². The van der Waals surface area contributed by atoms with E-state index in [9.17, 15) is 14.4 Å². The molecule has 6 rings (SSSR count). The molecular weight excluding hydrogens is 744 g/mol. The second-order valence-electron chi connectivity index (χ2n) is 14.4. The third-order valence-electron chi connectivity index (χ3n) is 10.5. The summed E-state index contributed by atoms with van der Waals surface area (Å²) in [4.78, 5) is 58.3. The number of amides is 2. The van der Waals surface area contributed by atoms with Crippen LogP contribution in [0.2, 0.25) is 5.02 Å². The molecule has 2 amide bonds. The highest BCUT2D eigenvalue weighted by Crippen LogP contribution is 2.41. The normalized spacial score (nSPS) is 18.7. The summed E-state index contributed by atoms with van der Waals surface area (Å²) in [6.45, 7) is 3.34. The summed E-state index contributed by atoms with van der Waals surface area (Å²) in [6, 6.07) is 18.1. The third kappa shape index (κ3) is 9.85. The van der Waals surface area contributed by atoms with Crippen LogP contribution in [0.1, 0.15) is 60.9 Å². The van der Waals surface area contributed by atoms with Crippen molar-refractivity contribution in [2.45, 2.75) is 87.0 Å². The number of nitrogens with zero attached hydrogens (tertiary/aromatic N) is 3. The van der Waals surface area contributed by atoms with E-state index in [1.54, 1.807) is 24.3 Å². The van der Waals surface area contributed by atoms with Crippen LogP contribution >= 0.6 is 23.4 Å². The number of hydrogen-bond donors (Lipinski definition) is 5. The lowest BCUT2D eigenvalue weighted by atomic mass is 9.90. The monoisotopic (exact) mass is 794 g/mol. The first kappa shape index (κ1) is 41.1. The van der Waals surface area contributed by atoms with Gasteiger partial charge in [-0.2, -0.15) is 0 Å². The van der Waals surface area contributed by atoms with E-state index >= 15 is 0 Å². The fourth-order valence-corrected chi connectivity index (χ4v) is 8.77. The number of aryl methyl sites for hydroxylation is 1. The molecule has 0 fully saturated rings. The number of H-pyrrole nitrogens is 1. The Balaban J connectivity index is 1.47. The Morgan fingerprint density at radius 1 is 0.929 bits per heavy atom. The summed E-state index contributed by atoms with van der Waals surface area (Å²) in [5.41, 5.74) is 18.0. The SMILES string of the molecule is Cc1cc(-c2ccc(Cl)c3c2CNC(=O)[C@H](Cc2c[nH]c4ccccc24)N(C)C(=O)[C@H](CCCCN)CC(=O)[C@H](CCCN)NCc2cccnc2S3)ccn1. The molecule has 0 unspecified atom stereocenters. The van der Waals surface area contributed by atoms with Crippen molar-refractivity contribution in [3.63, 3.8) is 0 Å². The van der Waals surface area contributed by atoms with Crippen LogP contribution in [-0.2, 0) is 33.9 Å². The van der Waals surface area contributed by atoms with Crippen molar-refractivity contribution in [1.82, 2.24) is 30.5 Å². The number of aromatic amines is 1. The number of rotatable bonds is 10. The maximum absolute atomic E-state index is 14.7. The zero-order chi connectivity index (χ0) is 39.6. The number of aromatic nitrogens is 3. The van der Waals surface area contributed by atoms with Gasteiger partial charge in [0.1, 0.15) is 11.1 Å². The Morgan fingerprint density at radius 3 is 2.55 bits per heavy atom. The Bertz CT molecular complexity index is 2160. The summed E-state index contributed by atoms with van der Waals surface area (Å²) in [5, 5.41) is 8.92. The minimum atomic E-state index is -0.889. The second kappa shape index (κ2) is 19.5. The maximum atomic E-state index is 14.7. The number of nitrogens with two attached hydrogens (primary N) is 2. The largest absolute Gasteiger partial charge is 0.361 e. The molecule has 13 heteroatoms. The van der Waals surface area contributed by atoms with Gasteiger partial charge in [-0.3, -0.25) is 19.4 Å². The fourth-order valence-electron chi connectivity index (χ4n) is 7.43. The van der Waals surface area contributed by atoms with E-state index in [-0.39, 0.29) is 37.0 Å². The highest BCUT2D eigenvalue weighted by molar-refractivity contribution is 7.99. The van der Waals surface area contributed by atoms with Crippen molar-refractivity contribution in [2.75, 3.05) is 20.1 Å². The van der Waals surface area contributed by atoms with Crippen LogP contribution in [0.25, 0.3) is 22.0 Å². The van der Waals surface area contributed by atoms with Gasteiger partial charge in [0.2, 0.25) is 11.8 Å². The number of hydrogen-bond acceptors (Lipinski definition) is 9. The van der Waals surface area contributed by atoms with E-state index in [1.165, 1.54) is 11.8 Å². The molecule has 294 valence electrons. The van der Waals surface area contributed by atoms with E-state index in [1.807, 2.05) is 73.8 Å². The molecule has 0 radical (unpaired) electrons. The van der Waals surface area contributed by atoms with Gasteiger partial charge in [-0.05, 0) is 104 Å². The number of Topliss-reactive ketones (excluding diaryl/α,β-unsaturated/α-hetero) is 1. The number of carbonyl (C=O) groups is 3. The lowest BCUT2D eigenvalue weighted by Gasteiger charge is -2.31.